The van der Waals surface area contributed by atoms with Crippen LogP contribution in [0.15, 0.2) is 192 Å². The van der Waals surface area contributed by atoms with Crippen LogP contribution in [0, 0.1) is 0 Å². The molecule has 7 aromatic carbocycles. The second kappa shape index (κ2) is 13.8. The molecule has 0 aliphatic rings. The second-order valence-electron chi connectivity index (χ2n) is 13.3. The van der Waals surface area contributed by atoms with E-state index in [0.29, 0.717) is 28.9 Å². The van der Waals surface area contributed by atoms with Gasteiger partial charge < -0.3 is 4.42 Å². The predicted molar refractivity (Wildman–Crippen MR) is 221 cm³/mol. The summed E-state index contributed by atoms with van der Waals surface area (Å²) in [5.74, 6) is 2.44. The van der Waals surface area contributed by atoms with Crippen LogP contribution in [-0.4, -0.2) is 24.9 Å². The topological polar surface area (TPSA) is 77.6 Å². The summed E-state index contributed by atoms with van der Waals surface area (Å²) in [7, 11) is 0. The van der Waals surface area contributed by atoms with Crippen LogP contribution >= 0.6 is 0 Å². The predicted octanol–water partition coefficient (Wildman–Crippen LogP) is 12.2. The van der Waals surface area contributed by atoms with Crippen molar-refractivity contribution < 1.29 is 4.42 Å². The Hall–Kier alpha value is -7.57. The minimum atomic E-state index is 0.585. The highest BCUT2D eigenvalue weighted by atomic mass is 16.3. The zero-order valence-electron chi connectivity index (χ0n) is 29.5. The summed E-state index contributed by atoms with van der Waals surface area (Å²) >= 11 is 0. The molecule has 0 unspecified atom stereocenters. The molecule has 0 fully saturated rings. The third kappa shape index (κ3) is 6.11. The lowest BCUT2D eigenvalue weighted by Gasteiger charge is -2.11. The molecule has 0 bridgehead atoms. The summed E-state index contributed by atoms with van der Waals surface area (Å²) in [6.45, 7) is 0. The molecule has 10 rings (SSSR count). The highest BCUT2D eigenvalue weighted by molar-refractivity contribution is 6.13. The van der Waals surface area contributed by atoms with Gasteiger partial charge in [0.2, 0.25) is 0 Å². The van der Waals surface area contributed by atoms with E-state index in [2.05, 4.69) is 78.9 Å². The largest absolute Gasteiger partial charge is 0.452 e. The Labute approximate surface area is 317 Å². The van der Waals surface area contributed by atoms with Crippen molar-refractivity contribution in [3.8, 4) is 79.1 Å². The van der Waals surface area contributed by atoms with Gasteiger partial charge in [-0.25, -0.2) is 24.9 Å². The van der Waals surface area contributed by atoms with Gasteiger partial charge in [0.25, 0.3) is 0 Å². The minimum Gasteiger partial charge on any atom is -0.452 e. The molecular formula is C49H31N5O. The molecule has 0 N–H and O–H groups in total. The number of hydrogen-bond donors (Lipinski definition) is 0. The third-order valence-electron chi connectivity index (χ3n) is 9.77. The molecule has 0 atom stereocenters. The van der Waals surface area contributed by atoms with Gasteiger partial charge in [-0.1, -0.05) is 176 Å². The van der Waals surface area contributed by atoms with Gasteiger partial charge in [0.1, 0.15) is 16.8 Å². The Morgan fingerprint density at radius 1 is 0.309 bits per heavy atom. The van der Waals surface area contributed by atoms with Crippen LogP contribution in [0.2, 0.25) is 0 Å². The van der Waals surface area contributed by atoms with Crippen molar-refractivity contribution in [3.05, 3.63) is 188 Å². The maximum atomic E-state index is 6.61. The van der Waals surface area contributed by atoms with Crippen LogP contribution in [0.25, 0.3) is 101 Å². The van der Waals surface area contributed by atoms with Crippen LogP contribution in [0.4, 0.5) is 0 Å². The van der Waals surface area contributed by atoms with Crippen LogP contribution in [0.3, 0.4) is 0 Å². The number of hydrogen-bond acceptors (Lipinski definition) is 6. The van der Waals surface area contributed by atoms with Crippen molar-refractivity contribution >= 4 is 22.1 Å². The van der Waals surface area contributed by atoms with Crippen molar-refractivity contribution in [2.24, 2.45) is 0 Å². The Kier molecular flexibility index (Phi) is 8.04. The average Bonchev–Trinajstić information content (AvgIpc) is 3.66. The van der Waals surface area contributed by atoms with Crippen LogP contribution in [-0.2, 0) is 0 Å². The van der Waals surface area contributed by atoms with Crippen molar-refractivity contribution in [2.75, 3.05) is 0 Å². The maximum absolute atomic E-state index is 6.61. The fraction of sp³-hybridized carbons (Fsp3) is 0. The van der Waals surface area contributed by atoms with Crippen LogP contribution < -0.4 is 0 Å². The van der Waals surface area contributed by atoms with Gasteiger partial charge >= 0.3 is 0 Å². The van der Waals surface area contributed by atoms with E-state index >= 15 is 0 Å². The number of aromatic nitrogens is 5. The van der Waals surface area contributed by atoms with E-state index < -0.39 is 0 Å². The summed E-state index contributed by atoms with van der Waals surface area (Å²) in [6.07, 6.45) is 0. The average molecular weight is 706 g/mol. The lowest BCUT2D eigenvalue weighted by atomic mass is 9.98. The van der Waals surface area contributed by atoms with Gasteiger partial charge in [0.15, 0.2) is 28.9 Å². The third-order valence-corrected chi connectivity index (χ3v) is 9.77. The summed E-state index contributed by atoms with van der Waals surface area (Å²) in [5.41, 5.74) is 11.8. The zero-order valence-corrected chi connectivity index (χ0v) is 29.5. The second-order valence-corrected chi connectivity index (χ2v) is 13.3. The van der Waals surface area contributed by atoms with E-state index in [1.165, 1.54) is 0 Å². The van der Waals surface area contributed by atoms with E-state index in [9.17, 15) is 0 Å². The van der Waals surface area contributed by atoms with E-state index in [0.717, 1.165) is 72.3 Å². The number of furan rings is 1. The molecule has 258 valence electrons. The molecule has 0 aliphatic carbocycles. The smallest absolute Gasteiger partial charge is 0.180 e. The minimum absolute atomic E-state index is 0.585. The van der Waals surface area contributed by atoms with Gasteiger partial charge in [-0.3, -0.25) is 0 Å². The first-order valence-corrected chi connectivity index (χ1v) is 18.2. The SMILES string of the molecule is c1ccc(-c2ccc(-c3nc(-c4ccccc4)nc(-c4cccc(-c5cccc6oc7c(-c8ccccc8)nc(-c8ccccc8)nc7c56)c4)n3)cc2)cc1. The normalized spacial score (nSPS) is 11.3. The fourth-order valence-corrected chi connectivity index (χ4v) is 7.05. The molecule has 0 spiro atoms. The van der Waals surface area contributed by atoms with E-state index in [1.807, 2.05) is 109 Å². The van der Waals surface area contributed by atoms with Crippen molar-refractivity contribution in [3.63, 3.8) is 0 Å². The van der Waals surface area contributed by atoms with Crippen molar-refractivity contribution in [2.45, 2.75) is 0 Å². The van der Waals surface area contributed by atoms with E-state index in [1.54, 1.807) is 0 Å². The molecule has 6 heteroatoms. The number of rotatable bonds is 7. The van der Waals surface area contributed by atoms with Gasteiger partial charge in [0.05, 0.1) is 5.39 Å². The number of fused-ring (bicyclic) bond motifs is 3. The van der Waals surface area contributed by atoms with Gasteiger partial charge in [-0.15, -0.1) is 0 Å². The Morgan fingerprint density at radius 2 is 0.745 bits per heavy atom. The fourth-order valence-electron chi connectivity index (χ4n) is 7.05. The molecule has 0 aliphatic heterocycles. The van der Waals surface area contributed by atoms with E-state index in [4.69, 9.17) is 29.3 Å². The highest BCUT2D eigenvalue weighted by Gasteiger charge is 2.21. The summed E-state index contributed by atoms with van der Waals surface area (Å²) < 4.78 is 6.61. The molecule has 55 heavy (non-hydrogen) atoms. The molecule has 0 amide bonds. The number of benzene rings is 7. The first-order valence-electron chi connectivity index (χ1n) is 18.2. The molecule has 3 heterocycles. The Balaban J connectivity index is 1.13. The summed E-state index contributed by atoms with van der Waals surface area (Å²) in [4.78, 5) is 25.3. The Morgan fingerprint density at radius 3 is 1.36 bits per heavy atom. The number of nitrogens with zero attached hydrogens (tertiary/aromatic N) is 5. The monoisotopic (exact) mass is 705 g/mol. The lowest BCUT2D eigenvalue weighted by molar-refractivity contribution is 0.667. The quantitative estimate of drug-likeness (QED) is 0.164. The molecule has 6 nitrogen and oxygen atoms in total. The zero-order chi connectivity index (χ0) is 36.6. The maximum Gasteiger partial charge on any atom is 0.180 e. The van der Waals surface area contributed by atoms with Crippen molar-refractivity contribution in [1.82, 2.24) is 24.9 Å². The first kappa shape index (κ1) is 32.1. The summed E-state index contributed by atoms with van der Waals surface area (Å²) in [5, 5.41) is 0.922. The highest BCUT2D eigenvalue weighted by Crippen LogP contribution is 2.41. The molecule has 0 radical (unpaired) electrons. The van der Waals surface area contributed by atoms with Crippen molar-refractivity contribution in [1.29, 1.82) is 0 Å². The van der Waals surface area contributed by atoms with Crippen LogP contribution in [0.1, 0.15) is 0 Å². The molecule has 3 aromatic heterocycles. The van der Waals surface area contributed by atoms with Crippen LogP contribution in [0.5, 0.6) is 0 Å². The van der Waals surface area contributed by atoms with Gasteiger partial charge in [-0.05, 0) is 34.4 Å². The standard InChI is InChI=1S/C49H31N5O/c1-5-15-32(16-6-1)33-27-29-37(30-28-33)48-52-47(36-21-11-4-12-22-36)53-49(54-48)39-24-13-23-38(31-39)40-25-14-26-41-42(40)44-45(55-41)43(34-17-7-2-8-18-34)50-46(51-44)35-19-9-3-10-20-35/h1-31H. The Bertz CT molecular complexity index is 2950. The van der Waals surface area contributed by atoms with E-state index in [-0.39, 0.29) is 0 Å². The molecule has 10 aromatic rings. The summed E-state index contributed by atoms with van der Waals surface area (Å²) in [6, 6.07) is 63.5. The lowest BCUT2D eigenvalue weighted by Crippen LogP contribution is -2.00. The molecule has 0 saturated heterocycles. The molecular weight excluding hydrogens is 675 g/mol. The molecule has 0 saturated carbocycles. The van der Waals surface area contributed by atoms with Gasteiger partial charge in [0, 0.05) is 27.8 Å². The van der Waals surface area contributed by atoms with Gasteiger partial charge in [-0.2, -0.15) is 0 Å². The first-order chi connectivity index (χ1) is 27.2.